The van der Waals surface area contributed by atoms with Gasteiger partial charge in [0.05, 0.1) is 12.5 Å². The number of rotatable bonds is 4. The van der Waals surface area contributed by atoms with E-state index in [2.05, 4.69) is 16.0 Å². The molecule has 0 aromatic carbocycles. The molecule has 0 aliphatic heterocycles. The van der Waals surface area contributed by atoms with Gasteiger partial charge in [-0.1, -0.05) is 6.92 Å². The number of nitriles is 1. The number of nitrogen functional groups attached to an aromatic ring is 1. The van der Waals surface area contributed by atoms with Crippen LogP contribution in [0.25, 0.3) is 0 Å². The molecule has 0 radical (unpaired) electrons. The van der Waals surface area contributed by atoms with Crippen LogP contribution in [0.15, 0.2) is 0 Å². The minimum Gasteiger partial charge on any atom is -0.383 e. The summed E-state index contributed by atoms with van der Waals surface area (Å²) in [7, 11) is 1.91. The van der Waals surface area contributed by atoms with Gasteiger partial charge in [0.2, 0.25) is 0 Å². The Balaban J connectivity index is 3.02. The Bertz CT molecular complexity index is 408. The van der Waals surface area contributed by atoms with Crippen LogP contribution in [0.1, 0.15) is 24.7 Å². The van der Waals surface area contributed by atoms with Crippen LogP contribution in [-0.2, 0) is 6.42 Å². The lowest BCUT2D eigenvalue weighted by Crippen LogP contribution is -2.22. The van der Waals surface area contributed by atoms with Crippen LogP contribution in [0.3, 0.4) is 0 Å². The topological polar surface area (TPSA) is 78.8 Å². The van der Waals surface area contributed by atoms with E-state index in [1.165, 1.54) is 0 Å². The molecule has 0 fully saturated rings. The van der Waals surface area contributed by atoms with Gasteiger partial charge in [-0.05, 0) is 6.92 Å². The Labute approximate surface area is 95.9 Å². The average molecular weight is 219 g/mol. The van der Waals surface area contributed by atoms with Crippen molar-refractivity contribution in [2.24, 2.45) is 0 Å². The summed E-state index contributed by atoms with van der Waals surface area (Å²) in [5, 5.41) is 8.55. The number of nitrogens with zero attached hydrogens (tertiary/aromatic N) is 4. The van der Waals surface area contributed by atoms with Gasteiger partial charge in [-0.25, -0.2) is 9.97 Å². The third-order valence-corrected chi connectivity index (χ3v) is 2.44. The van der Waals surface area contributed by atoms with Gasteiger partial charge in [0.1, 0.15) is 17.5 Å². The molecule has 0 aliphatic rings. The smallest absolute Gasteiger partial charge is 0.137 e. The largest absolute Gasteiger partial charge is 0.383 e. The second-order valence-corrected chi connectivity index (χ2v) is 3.66. The Morgan fingerprint density at radius 1 is 1.44 bits per heavy atom. The fourth-order valence-corrected chi connectivity index (χ4v) is 1.42. The molecule has 0 saturated carbocycles. The quantitative estimate of drug-likeness (QED) is 0.825. The monoisotopic (exact) mass is 219 g/mol. The van der Waals surface area contributed by atoms with Crippen molar-refractivity contribution in [2.45, 2.75) is 26.7 Å². The molecule has 1 aromatic rings. The first-order valence-corrected chi connectivity index (χ1v) is 5.31. The van der Waals surface area contributed by atoms with Gasteiger partial charge >= 0.3 is 0 Å². The maximum absolute atomic E-state index is 8.55. The van der Waals surface area contributed by atoms with Gasteiger partial charge in [-0.15, -0.1) is 0 Å². The third-order valence-electron chi connectivity index (χ3n) is 2.44. The van der Waals surface area contributed by atoms with Gasteiger partial charge in [0, 0.05) is 25.6 Å². The van der Waals surface area contributed by atoms with E-state index >= 15 is 0 Å². The number of hydrogen-bond acceptors (Lipinski definition) is 5. The highest BCUT2D eigenvalue weighted by Gasteiger charge is 2.11. The molecule has 0 saturated heterocycles. The van der Waals surface area contributed by atoms with Crippen molar-refractivity contribution in [2.75, 3.05) is 24.2 Å². The predicted octanol–water partition coefficient (Wildman–Crippen LogP) is 1.28. The normalized spacial score (nSPS) is 9.88. The Hall–Kier alpha value is -1.83. The molecule has 1 aromatic heterocycles. The average Bonchev–Trinajstić information content (AvgIpc) is 2.29. The van der Waals surface area contributed by atoms with E-state index in [9.17, 15) is 0 Å². The minimum absolute atomic E-state index is 0.474. The van der Waals surface area contributed by atoms with E-state index in [-0.39, 0.29) is 0 Å². The van der Waals surface area contributed by atoms with Gasteiger partial charge < -0.3 is 10.6 Å². The standard InChI is InChI=1S/C11H17N5/c1-4-9-14-10(13)8(2)11(15-9)16(3)7-5-6-12/h4-5,7H2,1-3H3,(H2,13,14,15). The number of aromatic nitrogens is 2. The number of hydrogen-bond donors (Lipinski definition) is 1. The summed E-state index contributed by atoms with van der Waals surface area (Å²) in [6.07, 6.45) is 1.23. The molecule has 1 rings (SSSR count). The molecule has 16 heavy (non-hydrogen) atoms. The Morgan fingerprint density at radius 3 is 2.69 bits per heavy atom. The predicted molar refractivity (Wildman–Crippen MR) is 64.1 cm³/mol. The molecule has 0 amide bonds. The second-order valence-electron chi connectivity index (χ2n) is 3.66. The molecule has 86 valence electrons. The van der Waals surface area contributed by atoms with Crippen LogP contribution >= 0.6 is 0 Å². The van der Waals surface area contributed by atoms with E-state index in [0.29, 0.717) is 18.8 Å². The summed E-state index contributed by atoms with van der Waals surface area (Å²) < 4.78 is 0. The van der Waals surface area contributed by atoms with Crippen LogP contribution in [0.5, 0.6) is 0 Å². The van der Waals surface area contributed by atoms with E-state index in [0.717, 1.165) is 23.6 Å². The van der Waals surface area contributed by atoms with Crippen molar-refractivity contribution in [1.29, 1.82) is 5.26 Å². The minimum atomic E-state index is 0.474. The van der Waals surface area contributed by atoms with Crippen LogP contribution in [-0.4, -0.2) is 23.6 Å². The molecular weight excluding hydrogens is 202 g/mol. The van der Waals surface area contributed by atoms with Crippen molar-refractivity contribution >= 4 is 11.6 Å². The van der Waals surface area contributed by atoms with Crippen molar-refractivity contribution in [3.8, 4) is 6.07 Å². The molecule has 0 aliphatic carbocycles. The first-order valence-electron chi connectivity index (χ1n) is 5.31. The number of aryl methyl sites for hydroxylation is 1. The first-order chi connectivity index (χ1) is 7.60. The molecule has 0 atom stereocenters. The zero-order chi connectivity index (χ0) is 12.1. The fourth-order valence-electron chi connectivity index (χ4n) is 1.42. The van der Waals surface area contributed by atoms with E-state index in [4.69, 9.17) is 11.0 Å². The lowest BCUT2D eigenvalue weighted by atomic mass is 10.2. The highest BCUT2D eigenvalue weighted by atomic mass is 15.2. The lowest BCUT2D eigenvalue weighted by Gasteiger charge is -2.20. The molecule has 1 heterocycles. The zero-order valence-electron chi connectivity index (χ0n) is 9.99. The molecule has 0 bridgehead atoms. The van der Waals surface area contributed by atoms with Gasteiger partial charge in [0.15, 0.2) is 0 Å². The van der Waals surface area contributed by atoms with Crippen molar-refractivity contribution < 1.29 is 0 Å². The molecule has 0 spiro atoms. The Kier molecular flexibility index (Phi) is 4.06. The maximum Gasteiger partial charge on any atom is 0.137 e. The molecule has 5 nitrogen and oxygen atoms in total. The molecule has 2 N–H and O–H groups in total. The van der Waals surface area contributed by atoms with Crippen LogP contribution in [0.2, 0.25) is 0 Å². The van der Waals surface area contributed by atoms with E-state index < -0.39 is 0 Å². The SMILES string of the molecule is CCc1nc(N)c(C)c(N(C)CCC#N)n1. The van der Waals surface area contributed by atoms with E-state index in [1.54, 1.807) is 0 Å². The van der Waals surface area contributed by atoms with Crippen molar-refractivity contribution in [3.05, 3.63) is 11.4 Å². The molecular formula is C11H17N5. The second kappa shape index (κ2) is 5.31. The maximum atomic E-state index is 8.55. The summed E-state index contributed by atoms with van der Waals surface area (Å²) in [6.45, 7) is 4.53. The lowest BCUT2D eigenvalue weighted by molar-refractivity contribution is 0.847. The molecule has 5 heteroatoms. The zero-order valence-corrected chi connectivity index (χ0v) is 9.99. The van der Waals surface area contributed by atoms with Crippen LogP contribution in [0, 0.1) is 18.3 Å². The summed E-state index contributed by atoms with van der Waals surface area (Å²) in [4.78, 5) is 10.6. The number of anilines is 2. The van der Waals surface area contributed by atoms with Gasteiger partial charge in [0.25, 0.3) is 0 Å². The fraction of sp³-hybridized carbons (Fsp3) is 0.545. The number of nitrogens with two attached hydrogens (primary N) is 1. The van der Waals surface area contributed by atoms with Crippen molar-refractivity contribution in [3.63, 3.8) is 0 Å². The Morgan fingerprint density at radius 2 is 2.12 bits per heavy atom. The first kappa shape index (κ1) is 12.2. The molecule has 0 unspecified atom stereocenters. The third kappa shape index (κ3) is 2.60. The summed E-state index contributed by atoms with van der Waals surface area (Å²) in [5.41, 5.74) is 6.69. The highest BCUT2D eigenvalue weighted by molar-refractivity contribution is 5.56. The van der Waals surface area contributed by atoms with Crippen LogP contribution < -0.4 is 10.6 Å². The summed E-state index contributed by atoms with van der Waals surface area (Å²) >= 11 is 0. The van der Waals surface area contributed by atoms with Crippen LogP contribution in [0.4, 0.5) is 11.6 Å². The summed E-state index contributed by atoms with van der Waals surface area (Å²) in [5.74, 6) is 2.08. The van der Waals surface area contributed by atoms with Gasteiger partial charge in [-0.2, -0.15) is 5.26 Å². The summed E-state index contributed by atoms with van der Waals surface area (Å²) in [6, 6.07) is 2.11. The van der Waals surface area contributed by atoms with Gasteiger partial charge in [-0.3, -0.25) is 0 Å². The van der Waals surface area contributed by atoms with Crippen molar-refractivity contribution in [1.82, 2.24) is 9.97 Å². The highest BCUT2D eigenvalue weighted by Crippen LogP contribution is 2.20. The van der Waals surface area contributed by atoms with E-state index in [1.807, 2.05) is 25.8 Å².